The lowest BCUT2D eigenvalue weighted by atomic mass is 10.1. The summed E-state index contributed by atoms with van der Waals surface area (Å²) < 4.78 is 0. The first-order chi connectivity index (χ1) is 10.6. The molecule has 0 unspecified atom stereocenters. The molecule has 0 fully saturated rings. The maximum atomic E-state index is 11.7. The fourth-order valence-electron chi connectivity index (χ4n) is 1.81. The molecule has 3 nitrogen and oxygen atoms in total. The number of anilines is 1. The van der Waals surface area contributed by atoms with Crippen molar-refractivity contribution in [2.75, 3.05) is 11.9 Å². The highest BCUT2D eigenvalue weighted by Gasteiger charge is 2.02. The molecule has 0 aliphatic rings. The number of amides is 2. The van der Waals surface area contributed by atoms with Gasteiger partial charge >= 0.3 is 6.03 Å². The van der Waals surface area contributed by atoms with Gasteiger partial charge in [-0.3, -0.25) is 0 Å². The molecule has 3 heteroatoms. The van der Waals surface area contributed by atoms with Crippen LogP contribution in [0.1, 0.15) is 25.0 Å². The summed E-state index contributed by atoms with van der Waals surface area (Å²) >= 11 is 0. The molecule has 0 aromatic heterocycles. The Morgan fingerprint density at radius 1 is 1.00 bits per heavy atom. The van der Waals surface area contributed by atoms with E-state index in [0.29, 0.717) is 12.5 Å². The van der Waals surface area contributed by atoms with Gasteiger partial charge in [-0.1, -0.05) is 50.0 Å². The molecule has 0 saturated carbocycles. The van der Waals surface area contributed by atoms with Crippen LogP contribution in [-0.2, 0) is 0 Å². The zero-order chi connectivity index (χ0) is 15.8. The van der Waals surface area contributed by atoms with Gasteiger partial charge in [0, 0.05) is 23.4 Å². The molecule has 2 N–H and O–H groups in total. The monoisotopic (exact) mass is 292 g/mol. The molecule has 2 aromatic carbocycles. The minimum absolute atomic E-state index is 0.193. The molecular weight excluding hydrogens is 272 g/mol. The number of urea groups is 1. The van der Waals surface area contributed by atoms with E-state index in [-0.39, 0.29) is 6.03 Å². The van der Waals surface area contributed by atoms with Crippen LogP contribution in [0.4, 0.5) is 10.5 Å². The molecule has 22 heavy (non-hydrogen) atoms. The van der Waals surface area contributed by atoms with E-state index in [2.05, 4.69) is 36.3 Å². The van der Waals surface area contributed by atoms with E-state index in [9.17, 15) is 4.79 Å². The average molecular weight is 292 g/mol. The standard InChI is InChI=1S/C19H20N2O/c1-15(2)14-20-19(22)21-18-10-6-9-17(13-18)12-11-16-7-4-3-5-8-16/h3-10,13,15H,14H2,1-2H3,(H2,20,21,22). The highest BCUT2D eigenvalue weighted by molar-refractivity contribution is 5.89. The molecule has 2 rings (SSSR count). The smallest absolute Gasteiger partial charge is 0.319 e. The van der Waals surface area contributed by atoms with Gasteiger partial charge in [-0.25, -0.2) is 4.79 Å². The Hall–Kier alpha value is -2.73. The maximum absolute atomic E-state index is 11.7. The van der Waals surface area contributed by atoms with Gasteiger partial charge in [-0.15, -0.1) is 0 Å². The van der Waals surface area contributed by atoms with Crippen molar-refractivity contribution in [3.05, 3.63) is 65.7 Å². The number of hydrogen-bond acceptors (Lipinski definition) is 1. The first-order valence-electron chi connectivity index (χ1n) is 7.35. The van der Waals surface area contributed by atoms with Crippen molar-refractivity contribution in [1.82, 2.24) is 5.32 Å². The molecule has 0 bridgehead atoms. The summed E-state index contributed by atoms with van der Waals surface area (Å²) in [6.07, 6.45) is 0. The Morgan fingerprint density at radius 2 is 1.68 bits per heavy atom. The van der Waals surface area contributed by atoms with Crippen molar-refractivity contribution in [2.24, 2.45) is 5.92 Å². The molecule has 2 amide bonds. The summed E-state index contributed by atoms with van der Waals surface area (Å²) in [5.41, 5.74) is 2.57. The lowest BCUT2D eigenvalue weighted by Gasteiger charge is -2.09. The Balaban J connectivity index is 2.01. The predicted octanol–water partition coefficient (Wildman–Crippen LogP) is 3.86. The zero-order valence-corrected chi connectivity index (χ0v) is 12.9. The average Bonchev–Trinajstić information content (AvgIpc) is 2.52. The molecule has 0 atom stereocenters. The molecule has 0 radical (unpaired) electrons. The molecule has 0 aliphatic heterocycles. The van der Waals surface area contributed by atoms with Crippen LogP contribution in [0.25, 0.3) is 0 Å². The summed E-state index contributed by atoms with van der Waals surface area (Å²) in [6.45, 7) is 4.76. The van der Waals surface area contributed by atoms with Gasteiger partial charge < -0.3 is 10.6 Å². The fraction of sp³-hybridized carbons (Fsp3) is 0.211. The minimum Gasteiger partial charge on any atom is -0.338 e. The van der Waals surface area contributed by atoms with Crippen LogP contribution in [0.15, 0.2) is 54.6 Å². The number of carbonyl (C=O) groups is 1. The zero-order valence-electron chi connectivity index (χ0n) is 12.9. The van der Waals surface area contributed by atoms with E-state index in [4.69, 9.17) is 0 Å². The van der Waals surface area contributed by atoms with E-state index in [1.54, 1.807) is 0 Å². The van der Waals surface area contributed by atoms with Gasteiger partial charge in [0.15, 0.2) is 0 Å². The van der Waals surface area contributed by atoms with Crippen LogP contribution in [-0.4, -0.2) is 12.6 Å². The number of rotatable bonds is 3. The van der Waals surface area contributed by atoms with Crippen molar-refractivity contribution in [1.29, 1.82) is 0 Å². The third-order valence-electron chi connectivity index (χ3n) is 2.92. The normalized spacial score (nSPS) is 9.77. The molecular formula is C19H20N2O. The molecule has 0 aliphatic carbocycles. The summed E-state index contributed by atoms with van der Waals surface area (Å²) in [5.74, 6) is 6.63. The van der Waals surface area contributed by atoms with Crippen LogP contribution < -0.4 is 10.6 Å². The summed E-state index contributed by atoms with van der Waals surface area (Å²) in [5, 5.41) is 5.64. The second-order valence-corrected chi connectivity index (χ2v) is 5.43. The van der Waals surface area contributed by atoms with E-state index >= 15 is 0 Å². The molecule has 0 heterocycles. The van der Waals surface area contributed by atoms with Gasteiger partial charge in [-0.2, -0.15) is 0 Å². The number of carbonyl (C=O) groups excluding carboxylic acids is 1. The van der Waals surface area contributed by atoms with Gasteiger partial charge in [0.25, 0.3) is 0 Å². The van der Waals surface area contributed by atoms with Gasteiger partial charge in [-0.05, 0) is 36.2 Å². The third-order valence-corrected chi connectivity index (χ3v) is 2.92. The minimum atomic E-state index is -0.193. The van der Waals surface area contributed by atoms with E-state index < -0.39 is 0 Å². The van der Waals surface area contributed by atoms with Crippen molar-refractivity contribution >= 4 is 11.7 Å². The molecule has 0 saturated heterocycles. The van der Waals surface area contributed by atoms with Gasteiger partial charge in [0.05, 0.1) is 0 Å². The lowest BCUT2D eigenvalue weighted by molar-refractivity contribution is 0.251. The molecule has 2 aromatic rings. The Kier molecular flexibility index (Phi) is 5.62. The predicted molar refractivity (Wildman–Crippen MR) is 90.7 cm³/mol. The van der Waals surface area contributed by atoms with E-state index in [1.165, 1.54) is 0 Å². The molecule has 0 spiro atoms. The quantitative estimate of drug-likeness (QED) is 0.829. The summed E-state index contributed by atoms with van der Waals surface area (Å²) in [6, 6.07) is 17.1. The largest absolute Gasteiger partial charge is 0.338 e. The van der Waals surface area contributed by atoms with Crippen LogP contribution in [0.2, 0.25) is 0 Å². The second kappa shape index (κ2) is 7.90. The second-order valence-electron chi connectivity index (χ2n) is 5.43. The fourth-order valence-corrected chi connectivity index (χ4v) is 1.81. The first kappa shape index (κ1) is 15.7. The third kappa shape index (κ3) is 5.34. The summed E-state index contributed by atoms with van der Waals surface area (Å²) in [7, 11) is 0. The Bertz CT molecular complexity index is 681. The van der Waals surface area contributed by atoms with Crippen LogP contribution >= 0.6 is 0 Å². The van der Waals surface area contributed by atoms with Crippen molar-refractivity contribution in [2.45, 2.75) is 13.8 Å². The van der Waals surface area contributed by atoms with Crippen LogP contribution in [0.5, 0.6) is 0 Å². The number of nitrogens with one attached hydrogen (secondary N) is 2. The van der Waals surface area contributed by atoms with Crippen molar-refractivity contribution < 1.29 is 4.79 Å². The molecule has 112 valence electrons. The number of hydrogen-bond donors (Lipinski definition) is 2. The van der Waals surface area contributed by atoms with Gasteiger partial charge in [0.1, 0.15) is 0 Å². The number of benzene rings is 2. The van der Waals surface area contributed by atoms with Crippen molar-refractivity contribution in [3.63, 3.8) is 0 Å². The highest BCUT2D eigenvalue weighted by atomic mass is 16.2. The van der Waals surface area contributed by atoms with Gasteiger partial charge in [0.2, 0.25) is 0 Å². The lowest BCUT2D eigenvalue weighted by Crippen LogP contribution is -2.31. The Morgan fingerprint density at radius 3 is 2.41 bits per heavy atom. The topological polar surface area (TPSA) is 41.1 Å². The van der Waals surface area contributed by atoms with E-state index in [1.807, 2.05) is 54.6 Å². The SMILES string of the molecule is CC(C)CNC(=O)Nc1cccc(C#Cc2ccccc2)c1. The maximum Gasteiger partial charge on any atom is 0.319 e. The summed E-state index contributed by atoms with van der Waals surface area (Å²) in [4.78, 5) is 11.7. The Labute approximate surface area is 131 Å². The van der Waals surface area contributed by atoms with Crippen molar-refractivity contribution in [3.8, 4) is 11.8 Å². The van der Waals surface area contributed by atoms with E-state index in [0.717, 1.165) is 16.8 Å². The highest BCUT2D eigenvalue weighted by Crippen LogP contribution is 2.10. The van der Waals surface area contributed by atoms with Crippen LogP contribution in [0, 0.1) is 17.8 Å². The van der Waals surface area contributed by atoms with Crippen LogP contribution in [0.3, 0.4) is 0 Å². The first-order valence-corrected chi connectivity index (χ1v) is 7.35.